The maximum Gasteiger partial charge on any atom is 0.313 e. The van der Waals surface area contributed by atoms with Crippen LogP contribution in [0.15, 0.2) is 0 Å². The third kappa shape index (κ3) is 3.19. The maximum absolute atomic E-state index is 11.0. The molecule has 0 amide bonds. The summed E-state index contributed by atoms with van der Waals surface area (Å²) in [6.45, 7) is 6.35. The van der Waals surface area contributed by atoms with Crippen molar-refractivity contribution in [1.29, 1.82) is 0 Å². The van der Waals surface area contributed by atoms with Gasteiger partial charge in [-0.05, 0) is 19.8 Å². The fourth-order valence-electron chi connectivity index (χ4n) is 1.81. The van der Waals surface area contributed by atoms with Gasteiger partial charge < -0.3 is 0 Å². The molecule has 6 heteroatoms. The van der Waals surface area contributed by atoms with E-state index in [1.807, 2.05) is 13.8 Å². The highest BCUT2D eigenvalue weighted by Crippen LogP contribution is 2.26. The van der Waals surface area contributed by atoms with E-state index >= 15 is 0 Å². The van der Waals surface area contributed by atoms with E-state index in [4.69, 9.17) is 11.6 Å². The van der Waals surface area contributed by atoms with Crippen LogP contribution in [-0.4, -0.2) is 20.1 Å². The number of nitrogens with zero attached hydrogens (tertiary/aromatic N) is 3. The van der Waals surface area contributed by atoms with Gasteiger partial charge in [0, 0.05) is 18.3 Å². The number of aryl methyl sites for hydroxylation is 2. The summed E-state index contributed by atoms with van der Waals surface area (Å²) in [7, 11) is 0. The molecule has 0 bridgehead atoms. The molecule has 0 radical (unpaired) electrons. The van der Waals surface area contributed by atoms with Crippen LogP contribution >= 0.6 is 11.6 Å². The molecule has 0 aromatic carbocycles. The number of nitro groups is 1. The standard InChI is InChI=1S/C11H18ClN3O2/c1-4-6-14-10(7-9(12)5-2)11(15(16)17)8(3)13-14/h9H,4-7H2,1-3H3. The van der Waals surface area contributed by atoms with Gasteiger partial charge in [-0.25, -0.2) is 0 Å². The second kappa shape index (κ2) is 6.00. The van der Waals surface area contributed by atoms with Crippen LogP contribution in [0.1, 0.15) is 38.1 Å². The van der Waals surface area contributed by atoms with Gasteiger partial charge in [0.1, 0.15) is 11.4 Å². The fraction of sp³-hybridized carbons (Fsp3) is 0.727. The van der Waals surface area contributed by atoms with Gasteiger partial charge in [-0.15, -0.1) is 11.6 Å². The van der Waals surface area contributed by atoms with Gasteiger partial charge in [-0.2, -0.15) is 5.10 Å². The van der Waals surface area contributed by atoms with E-state index in [1.54, 1.807) is 11.6 Å². The van der Waals surface area contributed by atoms with Crippen molar-refractivity contribution in [2.75, 3.05) is 0 Å². The van der Waals surface area contributed by atoms with Gasteiger partial charge in [0.2, 0.25) is 0 Å². The Hall–Kier alpha value is -1.10. The van der Waals surface area contributed by atoms with Crippen molar-refractivity contribution in [3.8, 4) is 0 Å². The monoisotopic (exact) mass is 259 g/mol. The van der Waals surface area contributed by atoms with E-state index in [0.29, 0.717) is 24.4 Å². The summed E-state index contributed by atoms with van der Waals surface area (Å²) in [6, 6.07) is 0. The summed E-state index contributed by atoms with van der Waals surface area (Å²) in [6.07, 6.45) is 2.18. The Labute approximate surface area is 106 Å². The Bertz CT molecular complexity index is 404. The van der Waals surface area contributed by atoms with Crippen LogP contribution in [0.4, 0.5) is 5.69 Å². The summed E-state index contributed by atoms with van der Waals surface area (Å²) in [4.78, 5) is 10.7. The molecule has 1 aromatic rings. The SMILES string of the molecule is CCCn1nc(C)c([N+](=O)[O-])c1CC(Cl)CC. The quantitative estimate of drug-likeness (QED) is 0.448. The zero-order chi connectivity index (χ0) is 13.0. The number of alkyl halides is 1. The molecule has 0 aliphatic heterocycles. The van der Waals surface area contributed by atoms with Crippen LogP contribution in [-0.2, 0) is 13.0 Å². The Morgan fingerprint density at radius 3 is 2.65 bits per heavy atom. The number of aromatic nitrogens is 2. The second-order valence-electron chi connectivity index (χ2n) is 4.07. The van der Waals surface area contributed by atoms with Crippen molar-refractivity contribution in [3.05, 3.63) is 21.5 Å². The topological polar surface area (TPSA) is 61.0 Å². The van der Waals surface area contributed by atoms with Crippen LogP contribution in [0.5, 0.6) is 0 Å². The van der Waals surface area contributed by atoms with E-state index in [-0.39, 0.29) is 16.0 Å². The first-order valence-electron chi connectivity index (χ1n) is 5.85. The Morgan fingerprint density at radius 1 is 1.53 bits per heavy atom. The summed E-state index contributed by atoms with van der Waals surface area (Å²) in [5.41, 5.74) is 1.24. The van der Waals surface area contributed by atoms with Crippen molar-refractivity contribution in [1.82, 2.24) is 9.78 Å². The molecule has 0 N–H and O–H groups in total. The van der Waals surface area contributed by atoms with Crippen LogP contribution in [0.25, 0.3) is 0 Å². The van der Waals surface area contributed by atoms with Crippen molar-refractivity contribution in [2.45, 2.75) is 52.0 Å². The van der Waals surface area contributed by atoms with Crippen LogP contribution in [0.2, 0.25) is 0 Å². The second-order valence-corrected chi connectivity index (χ2v) is 4.69. The lowest BCUT2D eigenvalue weighted by atomic mass is 10.1. The lowest BCUT2D eigenvalue weighted by Gasteiger charge is -2.08. The minimum atomic E-state index is -0.358. The number of rotatable bonds is 6. The van der Waals surface area contributed by atoms with E-state index < -0.39 is 0 Å². The van der Waals surface area contributed by atoms with E-state index in [1.165, 1.54) is 0 Å². The largest absolute Gasteiger partial charge is 0.313 e. The first-order valence-corrected chi connectivity index (χ1v) is 6.29. The van der Waals surface area contributed by atoms with Crippen LogP contribution in [0.3, 0.4) is 0 Å². The van der Waals surface area contributed by atoms with Crippen molar-refractivity contribution < 1.29 is 4.92 Å². The maximum atomic E-state index is 11.0. The van der Waals surface area contributed by atoms with E-state index in [9.17, 15) is 10.1 Å². The normalized spacial score (nSPS) is 12.7. The van der Waals surface area contributed by atoms with Gasteiger partial charge in [0.15, 0.2) is 0 Å². The number of hydrogen-bond acceptors (Lipinski definition) is 3. The number of hydrogen-bond donors (Lipinski definition) is 0. The molecule has 0 spiro atoms. The molecule has 5 nitrogen and oxygen atoms in total. The Morgan fingerprint density at radius 2 is 2.18 bits per heavy atom. The van der Waals surface area contributed by atoms with Crippen molar-refractivity contribution >= 4 is 17.3 Å². The van der Waals surface area contributed by atoms with Crippen molar-refractivity contribution in [3.63, 3.8) is 0 Å². The third-order valence-electron chi connectivity index (χ3n) is 2.67. The highest BCUT2D eigenvalue weighted by molar-refractivity contribution is 6.20. The molecule has 0 aliphatic carbocycles. The van der Waals surface area contributed by atoms with Gasteiger partial charge in [0.25, 0.3) is 0 Å². The highest BCUT2D eigenvalue weighted by Gasteiger charge is 2.26. The van der Waals surface area contributed by atoms with E-state index in [0.717, 1.165) is 12.8 Å². The summed E-state index contributed by atoms with van der Waals surface area (Å²) in [5.74, 6) is 0. The molecule has 1 heterocycles. The molecule has 1 atom stereocenters. The fourth-order valence-corrected chi connectivity index (χ4v) is 1.96. The molecule has 1 aromatic heterocycles. The first-order chi connectivity index (χ1) is 8.01. The predicted molar refractivity (Wildman–Crippen MR) is 67.5 cm³/mol. The van der Waals surface area contributed by atoms with Crippen LogP contribution in [0, 0.1) is 17.0 Å². The molecule has 0 saturated heterocycles. The molecule has 96 valence electrons. The summed E-state index contributed by atoms with van der Waals surface area (Å²) < 4.78 is 1.72. The van der Waals surface area contributed by atoms with Gasteiger partial charge in [0.05, 0.1) is 4.92 Å². The summed E-state index contributed by atoms with van der Waals surface area (Å²) >= 11 is 6.09. The molecule has 0 fully saturated rings. The molecule has 1 unspecified atom stereocenters. The molecule has 17 heavy (non-hydrogen) atoms. The molecular weight excluding hydrogens is 242 g/mol. The van der Waals surface area contributed by atoms with Gasteiger partial charge in [-0.1, -0.05) is 13.8 Å². The average molecular weight is 260 g/mol. The zero-order valence-corrected chi connectivity index (χ0v) is 11.2. The lowest BCUT2D eigenvalue weighted by Crippen LogP contribution is -2.11. The first kappa shape index (κ1) is 14.0. The highest BCUT2D eigenvalue weighted by atomic mass is 35.5. The van der Waals surface area contributed by atoms with Gasteiger partial charge in [-0.3, -0.25) is 14.8 Å². The molecule has 0 aliphatic rings. The smallest absolute Gasteiger partial charge is 0.262 e. The molecular formula is C11H18ClN3O2. The molecule has 0 saturated carbocycles. The van der Waals surface area contributed by atoms with Gasteiger partial charge >= 0.3 is 5.69 Å². The molecule has 1 rings (SSSR count). The minimum Gasteiger partial charge on any atom is -0.262 e. The van der Waals surface area contributed by atoms with E-state index in [2.05, 4.69) is 5.10 Å². The summed E-state index contributed by atoms with van der Waals surface area (Å²) in [5, 5.41) is 15.2. The Kier molecular flexibility index (Phi) is 4.93. The van der Waals surface area contributed by atoms with Crippen molar-refractivity contribution in [2.24, 2.45) is 0 Å². The third-order valence-corrected chi connectivity index (χ3v) is 3.14. The lowest BCUT2D eigenvalue weighted by molar-refractivity contribution is -0.386. The Balaban J connectivity index is 3.15. The number of halogens is 1. The average Bonchev–Trinajstić information content (AvgIpc) is 2.55. The van der Waals surface area contributed by atoms with Crippen LogP contribution < -0.4 is 0 Å². The minimum absolute atomic E-state index is 0.0830. The predicted octanol–water partition coefficient (Wildman–Crippen LogP) is 3.07. The zero-order valence-electron chi connectivity index (χ0n) is 10.4.